The first-order chi connectivity index (χ1) is 9.17. The van der Waals surface area contributed by atoms with Crippen LogP contribution in [0.1, 0.15) is 58.2 Å². The van der Waals surface area contributed by atoms with Crippen molar-refractivity contribution in [3.8, 4) is 0 Å². The van der Waals surface area contributed by atoms with Crippen LogP contribution in [0.25, 0.3) is 0 Å². The van der Waals surface area contributed by atoms with E-state index in [9.17, 15) is 0 Å². The number of hydrogen-bond donors (Lipinski definition) is 1. The van der Waals surface area contributed by atoms with Gasteiger partial charge in [-0.1, -0.05) is 38.3 Å². The SMILES string of the molecule is CCNC(c1c(Cl)cnn1CC)C1CCCC(C)C1. The van der Waals surface area contributed by atoms with Gasteiger partial charge in [-0.05, 0) is 38.1 Å². The van der Waals surface area contributed by atoms with Gasteiger partial charge in [0.25, 0.3) is 0 Å². The summed E-state index contributed by atoms with van der Waals surface area (Å²) < 4.78 is 2.05. The number of nitrogens with zero attached hydrogens (tertiary/aromatic N) is 2. The molecular formula is C15H26ClN3. The summed E-state index contributed by atoms with van der Waals surface area (Å²) in [6.45, 7) is 8.51. The number of rotatable bonds is 5. The largest absolute Gasteiger partial charge is 0.309 e. The summed E-state index contributed by atoms with van der Waals surface area (Å²) in [5.41, 5.74) is 1.19. The molecule has 0 spiro atoms. The molecular weight excluding hydrogens is 258 g/mol. The van der Waals surface area contributed by atoms with Crippen LogP contribution in [0.2, 0.25) is 5.02 Å². The van der Waals surface area contributed by atoms with E-state index >= 15 is 0 Å². The molecule has 4 heteroatoms. The van der Waals surface area contributed by atoms with Crippen molar-refractivity contribution in [2.24, 2.45) is 11.8 Å². The third kappa shape index (κ3) is 3.32. The molecule has 1 N–H and O–H groups in total. The summed E-state index contributed by atoms with van der Waals surface area (Å²) in [5.74, 6) is 1.51. The fourth-order valence-corrected chi connectivity index (χ4v) is 3.68. The van der Waals surface area contributed by atoms with E-state index in [-0.39, 0.29) is 0 Å². The minimum atomic E-state index is 0.350. The summed E-state index contributed by atoms with van der Waals surface area (Å²) >= 11 is 6.39. The Labute approximate surface area is 121 Å². The zero-order valence-corrected chi connectivity index (χ0v) is 13.1. The lowest BCUT2D eigenvalue weighted by Gasteiger charge is -2.34. The number of halogens is 1. The van der Waals surface area contributed by atoms with E-state index in [1.54, 1.807) is 6.20 Å². The zero-order valence-electron chi connectivity index (χ0n) is 12.3. The fraction of sp³-hybridized carbons (Fsp3) is 0.800. The summed E-state index contributed by atoms with van der Waals surface area (Å²) in [6.07, 6.45) is 7.09. The molecule has 0 aliphatic heterocycles. The Hall–Kier alpha value is -0.540. The fourth-order valence-electron chi connectivity index (χ4n) is 3.42. The lowest BCUT2D eigenvalue weighted by Crippen LogP contribution is -2.33. The Bertz CT molecular complexity index is 402. The van der Waals surface area contributed by atoms with Crippen molar-refractivity contribution in [3.63, 3.8) is 0 Å². The lowest BCUT2D eigenvalue weighted by molar-refractivity contribution is 0.218. The van der Waals surface area contributed by atoms with Gasteiger partial charge in [-0.15, -0.1) is 0 Å². The summed E-state index contributed by atoms with van der Waals surface area (Å²) in [5, 5.41) is 8.85. The molecule has 3 unspecified atom stereocenters. The molecule has 3 atom stereocenters. The monoisotopic (exact) mass is 283 g/mol. The molecule has 0 radical (unpaired) electrons. The minimum absolute atomic E-state index is 0.350. The first kappa shape index (κ1) is 14.9. The maximum atomic E-state index is 6.39. The number of nitrogens with one attached hydrogen (secondary N) is 1. The van der Waals surface area contributed by atoms with Crippen LogP contribution in [0.3, 0.4) is 0 Å². The lowest BCUT2D eigenvalue weighted by atomic mass is 9.77. The van der Waals surface area contributed by atoms with Crippen molar-refractivity contribution in [2.75, 3.05) is 6.54 Å². The van der Waals surface area contributed by atoms with E-state index in [1.165, 1.54) is 31.4 Å². The molecule has 1 fully saturated rings. The molecule has 1 saturated carbocycles. The Balaban J connectivity index is 2.25. The van der Waals surface area contributed by atoms with E-state index in [0.29, 0.717) is 12.0 Å². The van der Waals surface area contributed by atoms with Crippen molar-refractivity contribution in [1.29, 1.82) is 0 Å². The van der Waals surface area contributed by atoms with Crippen LogP contribution in [0.5, 0.6) is 0 Å². The standard InChI is InChI=1S/C15H26ClN3/c1-4-17-14(12-8-6-7-11(3)9-12)15-13(16)10-18-19(15)5-2/h10-12,14,17H,4-9H2,1-3H3. The number of aryl methyl sites for hydroxylation is 1. The normalized spacial score (nSPS) is 25.5. The van der Waals surface area contributed by atoms with Crippen LogP contribution in [0.4, 0.5) is 0 Å². The Morgan fingerprint density at radius 2 is 2.26 bits per heavy atom. The van der Waals surface area contributed by atoms with Gasteiger partial charge in [-0.2, -0.15) is 5.10 Å². The highest BCUT2D eigenvalue weighted by atomic mass is 35.5. The summed E-state index contributed by atoms with van der Waals surface area (Å²) in [4.78, 5) is 0. The highest BCUT2D eigenvalue weighted by molar-refractivity contribution is 6.31. The highest BCUT2D eigenvalue weighted by Crippen LogP contribution is 2.39. The van der Waals surface area contributed by atoms with Crippen LogP contribution in [0, 0.1) is 11.8 Å². The minimum Gasteiger partial charge on any atom is -0.309 e. The third-order valence-electron chi connectivity index (χ3n) is 4.30. The molecule has 2 rings (SSSR count). The average Bonchev–Trinajstić information content (AvgIpc) is 2.77. The van der Waals surface area contributed by atoms with E-state index in [4.69, 9.17) is 11.6 Å². The van der Waals surface area contributed by atoms with Crippen molar-refractivity contribution in [2.45, 2.75) is 59.0 Å². The van der Waals surface area contributed by atoms with Crippen LogP contribution >= 0.6 is 11.6 Å². The highest BCUT2D eigenvalue weighted by Gasteiger charge is 2.30. The molecule has 0 amide bonds. The molecule has 108 valence electrons. The Morgan fingerprint density at radius 1 is 1.47 bits per heavy atom. The van der Waals surface area contributed by atoms with Gasteiger partial charge in [0.05, 0.1) is 23.0 Å². The molecule has 1 aromatic heterocycles. The molecule has 3 nitrogen and oxygen atoms in total. The second-order valence-electron chi connectivity index (χ2n) is 5.76. The molecule has 1 aliphatic rings. The molecule has 19 heavy (non-hydrogen) atoms. The van der Waals surface area contributed by atoms with Gasteiger partial charge < -0.3 is 5.32 Å². The van der Waals surface area contributed by atoms with Gasteiger partial charge in [0.15, 0.2) is 0 Å². The van der Waals surface area contributed by atoms with Crippen molar-refractivity contribution in [1.82, 2.24) is 15.1 Å². The summed E-state index contributed by atoms with van der Waals surface area (Å²) in [7, 11) is 0. The topological polar surface area (TPSA) is 29.9 Å². The van der Waals surface area contributed by atoms with Crippen LogP contribution in [0.15, 0.2) is 6.20 Å². The van der Waals surface area contributed by atoms with Crippen molar-refractivity contribution >= 4 is 11.6 Å². The van der Waals surface area contributed by atoms with Gasteiger partial charge in [0.2, 0.25) is 0 Å². The molecule has 1 aromatic rings. The number of hydrogen-bond acceptors (Lipinski definition) is 2. The molecule has 0 bridgehead atoms. The Morgan fingerprint density at radius 3 is 2.89 bits per heavy atom. The molecule has 1 aliphatic carbocycles. The second kappa shape index (κ2) is 6.76. The second-order valence-corrected chi connectivity index (χ2v) is 6.17. The van der Waals surface area contributed by atoms with Crippen LogP contribution < -0.4 is 5.32 Å². The quantitative estimate of drug-likeness (QED) is 0.884. The number of aromatic nitrogens is 2. The van der Waals surface area contributed by atoms with Gasteiger partial charge in [-0.25, -0.2) is 0 Å². The predicted octanol–water partition coefficient (Wildman–Crippen LogP) is 4.03. The zero-order chi connectivity index (χ0) is 13.8. The predicted molar refractivity (Wildman–Crippen MR) is 80.5 cm³/mol. The van der Waals surface area contributed by atoms with Crippen LogP contribution in [-0.2, 0) is 6.54 Å². The van der Waals surface area contributed by atoms with E-state index in [0.717, 1.165) is 24.0 Å². The van der Waals surface area contributed by atoms with Crippen LogP contribution in [-0.4, -0.2) is 16.3 Å². The van der Waals surface area contributed by atoms with E-state index in [2.05, 4.69) is 35.9 Å². The van der Waals surface area contributed by atoms with Gasteiger partial charge in [0.1, 0.15) is 0 Å². The maximum absolute atomic E-state index is 6.39. The maximum Gasteiger partial charge on any atom is 0.0834 e. The molecule has 0 aromatic carbocycles. The Kier molecular flexibility index (Phi) is 5.28. The van der Waals surface area contributed by atoms with Gasteiger partial charge in [0, 0.05) is 6.54 Å². The third-order valence-corrected chi connectivity index (χ3v) is 4.59. The summed E-state index contributed by atoms with van der Waals surface area (Å²) in [6, 6.07) is 0.350. The first-order valence-corrected chi connectivity index (χ1v) is 7.99. The van der Waals surface area contributed by atoms with Gasteiger partial charge >= 0.3 is 0 Å². The smallest absolute Gasteiger partial charge is 0.0834 e. The average molecular weight is 284 g/mol. The first-order valence-electron chi connectivity index (χ1n) is 7.61. The van der Waals surface area contributed by atoms with Crippen molar-refractivity contribution in [3.05, 3.63) is 16.9 Å². The molecule has 0 saturated heterocycles. The van der Waals surface area contributed by atoms with E-state index in [1.807, 2.05) is 0 Å². The van der Waals surface area contributed by atoms with Crippen molar-refractivity contribution < 1.29 is 0 Å². The van der Waals surface area contributed by atoms with Gasteiger partial charge in [-0.3, -0.25) is 4.68 Å². The molecule has 1 heterocycles. The van der Waals surface area contributed by atoms with E-state index < -0.39 is 0 Å².